The number of ether oxygens (including phenoxy) is 1. The standard InChI is InChI=1S/C27H26F3N5O4S/c1-16-3-5-18(21(9-16)27(28,29)30)13-35-22-6-4-17(10-19(22)12-31-35)11-23-24(37)32-25(40-23)33-7-8-34(26(38)39-2)20(14-33)15-36/h3-6,9-12,20,36H,7-8,13-15H2,1-2H3/b23-11-/t20-/m1/s1. The molecule has 40 heavy (non-hydrogen) atoms. The lowest BCUT2D eigenvalue weighted by molar-refractivity contribution is -0.138. The Balaban J connectivity index is 1.31. The normalized spacial score (nSPS) is 19.1. The Morgan fingerprint density at radius 2 is 2.02 bits per heavy atom. The fourth-order valence-corrected chi connectivity index (χ4v) is 5.75. The number of aliphatic hydroxyl groups is 1. The van der Waals surface area contributed by atoms with Crippen molar-refractivity contribution >= 4 is 45.9 Å². The number of amidine groups is 1. The van der Waals surface area contributed by atoms with Crippen LogP contribution < -0.4 is 0 Å². The number of piperazine rings is 1. The third-order valence-electron chi connectivity index (χ3n) is 6.84. The number of hydrogen-bond donors (Lipinski definition) is 1. The molecule has 13 heteroatoms. The van der Waals surface area contributed by atoms with Crippen LogP contribution in [0.5, 0.6) is 0 Å². The quantitative estimate of drug-likeness (QED) is 0.469. The van der Waals surface area contributed by atoms with Gasteiger partial charge in [-0.25, -0.2) is 4.79 Å². The molecule has 1 fully saturated rings. The van der Waals surface area contributed by atoms with Gasteiger partial charge in [-0.05, 0) is 54.1 Å². The fourth-order valence-electron chi connectivity index (χ4n) is 4.80. The second kappa shape index (κ2) is 11.0. The molecular formula is C27H26F3N5O4S. The molecule has 1 atom stereocenters. The van der Waals surface area contributed by atoms with Crippen molar-refractivity contribution in [3.05, 3.63) is 69.8 Å². The van der Waals surface area contributed by atoms with E-state index in [4.69, 9.17) is 4.74 Å². The van der Waals surface area contributed by atoms with E-state index in [0.29, 0.717) is 40.8 Å². The smallest absolute Gasteiger partial charge is 0.416 e. The molecule has 1 saturated heterocycles. The lowest BCUT2D eigenvalue weighted by Gasteiger charge is -2.40. The summed E-state index contributed by atoms with van der Waals surface area (Å²) in [5, 5.41) is 15.3. The monoisotopic (exact) mass is 573 g/mol. The molecule has 0 radical (unpaired) electrons. The van der Waals surface area contributed by atoms with E-state index in [0.717, 1.165) is 17.0 Å². The number of fused-ring (bicyclic) bond motifs is 1. The average molecular weight is 574 g/mol. The largest absolute Gasteiger partial charge is 0.453 e. The Labute approximate surface area is 231 Å². The number of hydrogen-bond acceptors (Lipinski definition) is 7. The summed E-state index contributed by atoms with van der Waals surface area (Å²) in [7, 11) is 1.28. The average Bonchev–Trinajstić information content (AvgIpc) is 3.50. The molecule has 210 valence electrons. The number of amides is 2. The molecule has 0 spiro atoms. The number of methoxy groups -OCH3 is 1. The minimum atomic E-state index is -4.47. The SMILES string of the molecule is COC(=O)N1CCN(C2=NC(=O)/C(=C/c3ccc4c(cnn4Cc4ccc(C)cc4C(F)(F)F)c3)S2)C[C@@H]1CO. The number of rotatable bonds is 4. The maximum atomic E-state index is 13.6. The number of thioether (sulfide) groups is 1. The van der Waals surface area contributed by atoms with Crippen LogP contribution in [-0.4, -0.2) is 81.2 Å². The molecule has 2 aliphatic rings. The summed E-state index contributed by atoms with van der Waals surface area (Å²) in [6.45, 7) is 2.38. The van der Waals surface area contributed by atoms with Crippen LogP contribution in [0.25, 0.3) is 17.0 Å². The summed E-state index contributed by atoms with van der Waals surface area (Å²) in [5.41, 5.74) is 1.36. The van der Waals surface area contributed by atoms with Crippen LogP contribution >= 0.6 is 11.8 Å². The second-order valence-corrected chi connectivity index (χ2v) is 10.5. The van der Waals surface area contributed by atoms with E-state index in [1.165, 1.54) is 34.5 Å². The van der Waals surface area contributed by atoms with Gasteiger partial charge in [-0.1, -0.05) is 23.8 Å². The first-order valence-electron chi connectivity index (χ1n) is 12.4. The lowest BCUT2D eigenvalue weighted by Crippen LogP contribution is -2.57. The van der Waals surface area contributed by atoms with Gasteiger partial charge in [0.05, 0.1) is 48.5 Å². The summed E-state index contributed by atoms with van der Waals surface area (Å²) in [4.78, 5) is 32.5. The molecule has 1 aromatic heterocycles. The summed E-state index contributed by atoms with van der Waals surface area (Å²) < 4.78 is 47.1. The number of halogens is 3. The highest BCUT2D eigenvalue weighted by Crippen LogP contribution is 2.34. The van der Waals surface area contributed by atoms with E-state index in [-0.39, 0.29) is 18.7 Å². The number of carbonyl (C=O) groups excluding carboxylic acids is 2. The van der Waals surface area contributed by atoms with Crippen LogP contribution in [0.4, 0.5) is 18.0 Å². The maximum Gasteiger partial charge on any atom is 0.416 e. The summed E-state index contributed by atoms with van der Waals surface area (Å²) in [5.74, 6) is -0.397. The molecule has 3 heterocycles. The lowest BCUT2D eigenvalue weighted by atomic mass is 10.0. The van der Waals surface area contributed by atoms with E-state index in [1.807, 2.05) is 11.0 Å². The van der Waals surface area contributed by atoms with E-state index >= 15 is 0 Å². The van der Waals surface area contributed by atoms with Gasteiger partial charge in [0.1, 0.15) is 0 Å². The highest BCUT2D eigenvalue weighted by Gasteiger charge is 2.35. The van der Waals surface area contributed by atoms with Gasteiger partial charge in [-0.2, -0.15) is 23.3 Å². The van der Waals surface area contributed by atoms with Gasteiger partial charge in [0.25, 0.3) is 5.91 Å². The number of nitrogens with zero attached hydrogens (tertiary/aromatic N) is 5. The van der Waals surface area contributed by atoms with Crippen molar-refractivity contribution in [1.29, 1.82) is 0 Å². The number of benzene rings is 2. The molecule has 0 bridgehead atoms. The van der Waals surface area contributed by atoms with E-state index in [1.54, 1.807) is 37.4 Å². The van der Waals surface area contributed by atoms with Gasteiger partial charge in [-0.15, -0.1) is 0 Å². The number of aromatic nitrogens is 2. The first-order valence-corrected chi connectivity index (χ1v) is 13.2. The van der Waals surface area contributed by atoms with E-state index in [9.17, 15) is 27.9 Å². The van der Waals surface area contributed by atoms with Crippen molar-refractivity contribution in [2.24, 2.45) is 4.99 Å². The molecule has 9 nitrogen and oxygen atoms in total. The van der Waals surface area contributed by atoms with Crippen molar-refractivity contribution < 1.29 is 32.6 Å². The fraction of sp³-hybridized carbons (Fsp3) is 0.333. The summed E-state index contributed by atoms with van der Waals surface area (Å²) in [6, 6.07) is 9.13. The maximum absolute atomic E-state index is 13.6. The molecule has 0 saturated carbocycles. The predicted octanol–water partition coefficient (Wildman–Crippen LogP) is 4.13. The Bertz CT molecular complexity index is 1530. The molecule has 1 N–H and O–H groups in total. The van der Waals surface area contributed by atoms with Crippen molar-refractivity contribution in [3.8, 4) is 0 Å². The van der Waals surface area contributed by atoms with Gasteiger partial charge in [0.2, 0.25) is 0 Å². The molecule has 3 aromatic rings. The van der Waals surface area contributed by atoms with E-state index < -0.39 is 29.8 Å². The van der Waals surface area contributed by atoms with Crippen molar-refractivity contribution in [3.63, 3.8) is 0 Å². The van der Waals surface area contributed by atoms with Crippen molar-refractivity contribution in [2.75, 3.05) is 33.4 Å². The Kier molecular flexibility index (Phi) is 7.60. The molecule has 0 aliphatic carbocycles. The number of alkyl halides is 3. The third kappa shape index (κ3) is 5.56. The van der Waals surface area contributed by atoms with Crippen LogP contribution in [0.2, 0.25) is 0 Å². The third-order valence-corrected chi connectivity index (χ3v) is 7.88. The van der Waals surface area contributed by atoms with Gasteiger partial charge in [-0.3, -0.25) is 14.4 Å². The van der Waals surface area contributed by atoms with E-state index in [2.05, 4.69) is 10.1 Å². The molecule has 5 rings (SSSR count). The Morgan fingerprint density at radius 1 is 1.23 bits per heavy atom. The Morgan fingerprint density at radius 3 is 2.75 bits per heavy atom. The minimum Gasteiger partial charge on any atom is -0.453 e. The zero-order valence-electron chi connectivity index (χ0n) is 21.7. The summed E-state index contributed by atoms with van der Waals surface area (Å²) in [6.07, 6.45) is -1.70. The second-order valence-electron chi connectivity index (χ2n) is 9.53. The molecule has 2 amide bonds. The Hall–Kier alpha value is -3.84. The molecule has 0 unspecified atom stereocenters. The first kappa shape index (κ1) is 27.7. The van der Waals surface area contributed by atoms with Gasteiger partial charge in [0.15, 0.2) is 5.17 Å². The number of aryl methyl sites for hydroxylation is 1. The zero-order chi connectivity index (χ0) is 28.6. The number of carbonyl (C=O) groups is 2. The van der Waals surface area contributed by atoms with Crippen molar-refractivity contribution in [1.82, 2.24) is 19.6 Å². The highest BCUT2D eigenvalue weighted by molar-refractivity contribution is 8.18. The topological polar surface area (TPSA) is 100 Å². The minimum absolute atomic E-state index is 0.0390. The summed E-state index contributed by atoms with van der Waals surface area (Å²) >= 11 is 1.21. The van der Waals surface area contributed by atoms with Crippen LogP contribution in [0.3, 0.4) is 0 Å². The number of aliphatic imine (C=N–C) groups is 1. The molecule has 2 aromatic carbocycles. The number of aliphatic hydroxyl groups excluding tert-OH is 1. The van der Waals surface area contributed by atoms with Crippen LogP contribution in [0, 0.1) is 6.92 Å². The van der Waals surface area contributed by atoms with Gasteiger partial charge in [0, 0.05) is 25.0 Å². The molecule has 2 aliphatic heterocycles. The van der Waals surface area contributed by atoms with Crippen LogP contribution in [0.15, 0.2) is 52.5 Å². The van der Waals surface area contributed by atoms with Gasteiger partial charge >= 0.3 is 12.3 Å². The van der Waals surface area contributed by atoms with Crippen molar-refractivity contribution in [2.45, 2.75) is 25.7 Å². The first-order chi connectivity index (χ1) is 19.1. The van der Waals surface area contributed by atoms with Gasteiger partial charge < -0.3 is 14.7 Å². The zero-order valence-corrected chi connectivity index (χ0v) is 22.5. The van der Waals surface area contributed by atoms with Crippen LogP contribution in [-0.2, 0) is 22.3 Å². The predicted molar refractivity (Wildman–Crippen MR) is 145 cm³/mol. The highest BCUT2D eigenvalue weighted by atomic mass is 32.2. The molecular weight excluding hydrogens is 547 g/mol. The van der Waals surface area contributed by atoms with Crippen LogP contribution in [0.1, 0.15) is 22.3 Å².